The lowest BCUT2D eigenvalue weighted by atomic mass is 9.81. The first-order valence-electron chi connectivity index (χ1n) is 12.8. The van der Waals surface area contributed by atoms with Crippen molar-refractivity contribution >= 4 is 19.6 Å². The van der Waals surface area contributed by atoms with Crippen molar-refractivity contribution in [1.29, 1.82) is 0 Å². The second kappa shape index (κ2) is 11.1. The van der Waals surface area contributed by atoms with E-state index in [1.807, 2.05) is 20.0 Å². The van der Waals surface area contributed by atoms with Gasteiger partial charge in [-0.3, -0.25) is 4.99 Å². The van der Waals surface area contributed by atoms with Gasteiger partial charge in [-0.25, -0.2) is 0 Å². The first-order chi connectivity index (χ1) is 16.6. The van der Waals surface area contributed by atoms with Gasteiger partial charge in [0.15, 0.2) is 0 Å². The number of phenolic OH excluding ortho intramolecular Hbond substituents is 1. The van der Waals surface area contributed by atoms with Crippen LogP contribution < -0.4 is 5.30 Å². The molecule has 0 aromatic heterocycles. The van der Waals surface area contributed by atoms with Crippen molar-refractivity contribution in [3.05, 3.63) is 94.0 Å². The zero-order valence-electron chi connectivity index (χ0n) is 22.8. The lowest BCUT2D eigenvalue weighted by molar-refractivity contribution is 0.437. The first kappa shape index (κ1) is 27.2. The minimum absolute atomic E-state index is 0.0190. The minimum Gasteiger partial charge on any atom is -0.507 e. The van der Waals surface area contributed by atoms with Crippen LogP contribution in [0.25, 0.3) is 0 Å². The van der Waals surface area contributed by atoms with Crippen molar-refractivity contribution in [2.24, 2.45) is 4.99 Å². The normalized spacial score (nSPS) is 14.5. The molecular formula is C32H42NOP. The number of aromatic hydroxyl groups is 1. The number of aryl methyl sites for hydroxylation is 2. The van der Waals surface area contributed by atoms with Crippen LogP contribution in [0.2, 0.25) is 0 Å². The van der Waals surface area contributed by atoms with Gasteiger partial charge in [-0.15, -0.1) is 0 Å². The van der Waals surface area contributed by atoms with E-state index in [0.29, 0.717) is 14.3 Å². The molecule has 0 aliphatic heterocycles. The van der Waals surface area contributed by atoms with E-state index in [1.165, 1.54) is 22.0 Å². The molecule has 35 heavy (non-hydrogen) atoms. The fraction of sp³-hybridized carbons (Fsp3) is 0.406. The SMILES string of the molecule is CCCC(CC)(Pc1c(C)cccc1C(=NC)c1ccccc1)c1cc(C(C)(C)C)cc(C)c1O. The highest BCUT2D eigenvalue weighted by Gasteiger charge is 2.35. The molecule has 3 aromatic carbocycles. The second-order valence-corrected chi connectivity index (χ2v) is 12.4. The number of rotatable bonds is 8. The lowest BCUT2D eigenvalue weighted by Crippen LogP contribution is -2.27. The van der Waals surface area contributed by atoms with Gasteiger partial charge in [0.1, 0.15) is 5.75 Å². The summed E-state index contributed by atoms with van der Waals surface area (Å²) in [6.07, 6.45) is 3.06. The summed E-state index contributed by atoms with van der Waals surface area (Å²) in [7, 11) is 2.41. The van der Waals surface area contributed by atoms with Crippen LogP contribution in [-0.2, 0) is 10.6 Å². The maximum atomic E-state index is 11.4. The molecule has 0 amide bonds. The Labute approximate surface area is 214 Å². The van der Waals surface area contributed by atoms with Gasteiger partial charge in [0, 0.05) is 28.9 Å². The van der Waals surface area contributed by atoms with Gasteiger partial charge >= 0.3 is 0 Å². The molecule has 0 radical (unpaired) electrons. The summed E-state index contributed by atoms with van der Waals surface area (Å²) in [6, 6.07) is 21.5. The third-order valence-corrected chi connectivity index (χ3v) is 9.39. The third kappa shape index (κ3) is 5.70. The van der Waals surface area contributed by atoms with E-state index in [-0.39, 0.29) is 10.6 Å². The van der Waals surface area contributed by atoms with E-state index in [4.69, 9.17) is 4.99 Å². The number of hydrogen-bond donors (Lipinski definition) is 1. The molecule has 0 aliphatic rings. The highest BCUT2D eigenvalue weighted by molar-refractivity contribution is 7.49. The average molecular weight is 488 g/mol. The molecule has 0 saturated carbocycles. The van der Waals surface area contributed by atoms with Gasteiger partial charge in [-0.2, -0.15) is 0 Å². The molecule has 1 N–H and O–H groups in total. The van der Waals surface area contributed by atoms with E-state index in [1.54, 1.807) is 0 Å². The molecule has 3 heteroatoms. The van der Waals surface area contributed by atoms with Gasteiger partial charge < -0.3 is 5.11 Å². The summed E-state index contributed by atoms with van der Waals surface area (Å²) in [5.41, 5.74) is 8.03. The Hall–Kier alpha value is -2.44. The largest absolute Gasteiger partial charge is 0.507 e. The molecule has 3 rings (SSSR count). The molecule has 3 aromatic rings. The van der Waals surface area contributed by atoms with Crippen molar-refractivity contribution in [2.45, 2.75) is 78.3 Å². The van der Waals surface area contributed by atoms with Crippen molar-refractivity contribution in [3.8, 4) is 5.75 Å². The Morgan fingerprint density at radius 2 is 1.60 bits per heavy atom. The van der Waals surface area contributed by atoms with E-state index >= 15 is 0 Å². The van der Waals surface area contributed by atoms with Gasteiger partial charge in [-0.05, 0) is 54.1 Å². The fourth-order valence-electron chi connectivity index (χ4n) is 5.00. The maximum absolute atomic E-state index is 11.4. The van der Waals surface area contributed by atoms with Crippen molar-refractivity contribution in [3.63, 3.8) is 0 Å². The first-order valence-corrected chi connectivity index (χ1v) is 13.8. The summed E-state index contributed by atoms with van der Waals surface area (Å²) >= 11 is 0. The van der Waals surface area contributed by atoms with Crippen LogP contribution in [0.5, 0.6) is 5.75 Å². The Morgan fingerprint density at radius 3 is 2.17 bits per heavy atom. The van der Waals surface area contributed by atoms with Crippen molar-refractivity contribution < 1.29 is 5.11 Å². The topological polar surface area (TPSA) is 32.6 Å². The van der Waals surface area contributed by atoms with Gasteiger partial charge in [0.2, 0.25) is 0 Å². The summed E-state index contributed by atoms with van der Waals surface area (Å²) in [5.74, 6) is 0.461. The van der Waals surface area contributed by atoms with Crippen molar-refractivity contribution in [1.82, 2.24) is 0 Å². The van der Waals surface area contributed by atoms with Gasteiger partial charge in [0.05, 0.1) is 5.71 Å². The van der Waals surface area contributed by atoms with Crippen LogP contribution in [0.4, 0.5) is 0 Å². The summed E-state index contributed by atoms with van der Waals surface area (Å²) in [5, 5.41) is 12.6. The molecule has 2 nitrogen and oxygen atoms in total. The fourth-order valence-corrected chi connectivity index (χ4v) is 6.97. The minimum atomic E-state index is -0.138. The average Bonchev–Trinajstić information content (AvgIpc) is 2.82. The third-order valence-electron chi connectivity index (χ3n) is 7.13. The zero-order chi connectivity index (χ0) is 25.8. The molecule has 2 unspecified atom stereocenters. The molecule has 0 bridgehead atoms. The molecule has 0 saturated heterocycles. The van der Waals surface area contributed by atoms with E-state index in [2.05, 4.69) is 96.1 Å². The van der Waals surface area contributed by atoms with Crippen LogP contribution in [-0.4, -0.2) is 17.9 Å². The highest BCUT2D eigenvalue weighted by atomic mass is 31.1. The Kier molecular flexibility index (Phi) is 8.60. The molecule has 0 fully saturated rings. The molecule has 0 heterocycles. The molecule has 186 valence electrons. The van der Waals surface area contributed by atoms with E-state index in [0.717, 1.165) is 41.7 Å². The van der Waals surface area contributed by atoms with Crippen LogP contribution in [0, 0.1) is 13.8 Å². The zero-order valence-corrected chi connectivity index (χ0v) is 23.8. The molecular weight excluding hydrogens is 445 g/mol. The molecule has 2 atom stereocenters. The molecule has 0 aliphatic carbocycles. The predicted molar refractivity (Wildman–Crippen MR) is 156 cm³/mol. The van der Waals surface area contributed by atoms with Gasteiger partial charge in [-0.1, -0.05) is 110 Å². The van der Waals surface area contributed by atoms with E-state index in [9.17, 15) is 5.11 Å². The lowest BCUT2D eigenvalue weighted by Gasteiger charge is -2.37. The Balaban J connectivity index is 2.25. The van der Waals surface area contributed by atoms with Crippen LogP contribution in [0.1, 0.15) is 87.3 Å². The van der Waals surface area contributed by atoms with Crippen LogP contribution >= 0.6 is 8.58 Å². The monoisotopic (exact) mass is 487 g/mol. The van der Waals surface area contributed by atoms with Crippen LogP contribution in [0.15, 0.2) is 65.7 Å². The summed E-state index contributed by atoms with van der Waals surface area (Å²) < 4.78 is 0. The molecule has 0 spiro atoms. The standard InChI is InChI=1S/C32H42NOP/c1-9-19-32(10-2,27-21-25(31(5,6)7)20-23(4)29(27)34)35-30-22(3)15-14-18-26(30)28(33-8)24-16-12-11-13-17-24/h11-18,20-21,34-35H,9-10,19H2,1-8H3. The summed E-state index contributed by atoms with van der Waals surface area (Å²) in [6.45, 7) is 15.6. The van der Waals surface area contributed by atoms with Crippen molar-refractivity contribution in [2.75, 3.05) is 7.05 Å². The number of aliphatic imine (C=N–C) groups is 1. The number of phenols is 1. The predicted octanol–water partition coefficient (Wildman–Crippen LogP) is 8.18. The number of nitrogens with zero attached hydrogens (tertiary/aromatic N) is 1. The Morgan fingerprint density at radius 1 is 0.914 bits per heavy atom. The summed E-state index contributed by atoms with van der Waals surface area (Å²) in [4.78, 5) is 4.75. The number of hydrogen-bond acceptors (Lipinski definition) is 2. The second-order valence-electron chi connectivity index (χ2n) is 10.7. The maximum Gasteiger partial charge on any atom is 0.122 e. The van der Waals surface area contributed by atoms with Crippen LogP contribution in [0.3, 0.4) is 0 Å². The highest BCUT2D eigenvalue weighted by Crippen LogP contribution is 2.52. The Bertz CT molecular complexity index is 1190. The van der Waals surface area contributed by atoms with Gasteiger partial charge in [0.25, 0.3) is 0 Å². The van der Waals surface area contributed by atoms with E-state index < -0.39 is 0 Å². The smallest absolute Gasteiger partial charge is 0.122 e. The number of benzene rings is 3. The quantitative estimate of drug-likeness (QED) is 0.252.